The molecule has 432 valence electrons. The smallest absolute Gasteiger partial charge is 0.409 e. The number of H-pyrrole nitrogens is 1. The number of rotatable bonds is 27. The van der Waals surface area contributed by atoms with Crippen LogP contribution in [0.4, 0.5) is 0 Å². The second-order valence-electron chi connectivity index (χ2n) is 19.2. The average molecular weight is 1130 g/mol. The summed E-state index contributed by atoms with van der Waals surface area (Å²) < 4.78 is 96.0. The summed E-state index contributed by atoms with van der Waals surface area (Å²) >= 11 is 0. The lowest BCUT2D eigenvalue weighted by molar-refractivity contribution is -0.309. The Kier molecular flexibility index (Phi) is 22.1. The first-order chi connectivity index (χ1) is 37.6. The lowest BCUT2D eigenvalue weighted by atomic mass is 9.80. The van der Waals surface area contributed by atoms with E-state index < -0.39 is 116 Å². The zero-order valence-corrected chi connectivity index (χ0v) is 47.2. The predicted molar refractivity (Wildman–Crippen MR) is 282 cm³/mol. The van der Waals surface area contributed by atoms with Crippen LogP contribution in [0.3, 0.4) is 0 Å². The lowest BCUT2D eigenvalue weighted by Crippen LogP contribution is -2.63. The highest BCUT2D eigenvalue weighted by Crippen LogP contribution is 2.57. The van der Waals surface area contributed by atoms with Crippen LogP contribution in [0.1, 0.15) is 90.3 Å². The van der Waals surface area contributed by atoms with Gasteiger partial charge >= 0.3 is 37.3 Å². The van der Waals surface area contributed by atoms with Crippen molar-refractivity contribution in [3.63, 3.8) is 0 Å². The van der Waals surface area contributed by atoms with E-state index in [0.29, 0.717) is 11.5 Å². The van der Waals surface area contributed by atoms with Gasteiger partial charge in [-0.1, -0.05) is 54.6 Å². The first-order valence-corrected chi connectivity index (χ1v) is 27.3. The zero-order chi connectivity index (χ0) is 57.6. The van der Waals surface area contributed by atoms with Crippen LogP contribution in [0, 0.1) is 6.92 Å². The summed E-state index contributed by atoms with van der Waals surface area (Å²) in [6.45, 7) is 12.0. The summed E-state index contributed by atoms with van der Waals surface area (Å²) in [7, 11) is -1.20. The number of carbonyl (C=O) groups excluding carboxylic acids is 4. The third kappa shape index (κ3) is 15.8. The van der Waals surface area contributed by atoms with Crippen LogP contribution in [-0.4, -0.2) is 147 Å². The number of benzene rings is 3. The highest BCUT2D eigenvalue weighted by molar-refractivity contribution is 7.51. The molecule has 2 aliphatic heterocycles. The Morgan fingerprint density at radius 2 is 1.24 bits per heavy atom. The molecule has 24 heteroatoms. The Bertz CT molecular complexity index is 2770. The van der Waals surface area contributed by atoms with Gasteiger partial charge in [-0.3, -0.25) is 42.6 Å². The molecule has 0 amide bonds. The molecule has 0 bridgehead atoms. The number of esters is 4. The molecule has 0 radical (unpaired) electrons. The molecule has 0 aliphatic carbocycles. The van der Waals surface area contributed by atoms with Gasteiger partial charge in [0.05, 0.1) is 47.3 Å². The van der Waals surface area contributed by atoms with E-state index >= 15 is 4.57 Å². The van der Waals surface area contributed by atoms with Gasteiger partial charge in [-0.15, -0.1) is 0 Å². The van der Waals surface area contributed by atoms with Gasteiger partial charge in [-0.25, -0.2) is 14.0 Å². The molecule has 1 unspecified atom stereocenters. The zero-order valence-electron chi connectivity index (χ0n) is 46.3. The maximum Gasteiger partial charge on any atom is 0.409 e. The Morgan fingerprint density at radius 3 is 1.78 bits per heavy atom. The summed E-state index contributed by atoms with van der Waals surface area (Å²) in [6, 6.07) is 23.7. The summed E-state index contributed by atoms with van der Waals surface area (Å²) in [4.78, 5) is 76.9. The fourth-order valence-corrected chi connectivity index (χ4v) is 11.9. The van der Waals surface area contributed by atoms with Gasteiger partial charge in [0, 0.05) is 58.0 Å². The van der Waals surface area contributed by atoms with Crippen LogP contribution >= 0.6 is 7.75 Å². The minimum atomic E-state index is -4.36. The summed E-state index contributed by atoms with van der Waals surface area (Å²) in [6.07, 6.45) is -8.64. The monoisotopic (exact) mass is 1130 g/mol. The number of methoxy groups -OCH3 is 2. The van der Waals surface area contributed by atoms with E-state index in [1.54, 1.807) is 25.8 Å². The fourth-order valence-electron chi connectivity index (χ4n) is 9.56. The molecule has 1 N–H and O–H groups in total. The highest BCUT2D eigenvalue weighted by Gasteiger charge is 2.53. The van der Waals surface area contributed by atoms with Gasteiger partial charge in [0.1, 0.15) is 48.2 Å². The topological polar surface area (TPSA) is 263 Å². The van der Waals surface area contributed by atoms with E-state index in [2.05, 4.69) is 4.98 Å². The summed E-state index contributed by atoms with van der Waals surface area (Å²) in [5.41, 5.74) is -0.127. The third-order valence-electron chi connectivity index (χ3n) is 12.8. The Morgan fingerprint density at radius 1 is 0.696 bits per heavy atom. The number of aryl methyl sites for hydroxylation is 1. The van der Waals surface area contributed by atoms with E-state index in [-0.39, 0.29) is 45.0 Å². The quantitative estimate of drug-likeness (QED) is 0.0239. The van der Waals surface area contributed by atoms with Crippen molar-refractivity contribution in [1.82, 2.24) is 14.2 Å². The van der Waals surface area contributed by atoms with Crippen LogP contribution in [0.15, 0.2) is 94.6 Å². The van der Waals surface area contributed by atoms with Crippen molar-refractivity contribution in [2.75, 3.05) is 53.9 Å². The van der Waals surface area contributed by atoms with Crippen molar-refractivity contribution in [2.45, 2.75) is 136 Å². The SMILES string of the molecule is COc1ccc(C(OC[C@H]2O[C@@H](n3cc(C)c(=O)[nH]c3=O)C[C@@H]2OP(=O)(OCCOCCO[C@@H]2O[C@H](COC(C)=O)[C@H](OC(C)=O)[C@H](OC(C)=O)[C@H]2OC(C)=O)N(C(C)C)C(C)C)(c2ccccc2)c2ccc(OC)cc2)cc1. The van der Waals surface area contributed by atoms with Crippen molar-refractivity contribution in [2.24, 2.45) is 0 Å². The third-order valence-corrected chi connectivity index (χ3v) is 15.4. The normalized spacial score (nSPS) is 22.1. The molecule has 9 atom stereocenters. The number of nitrogens with one attached hydrogen (secondary N) is 1. The summed E-state index contributed by atoms with van der Waals surface area (Å²) in [5.74, 6) is -1.80. The van der Waals surface area contributed by atoms with E-state index in [9.17, 15) is 28.8 Å². The van der Waals surface area contributed by atoms with Crippen molar-refractivity contribution < 1.29 is 84.9 Å². The fraction of sp³-hybridized carbons (Fsp3) is 0.527. The van der Waals surface area contributed by atoms with Crippen LogP contribution in [0.2, 0.25) is 0 Å². The summed E-state index contributed by atoms with van der Waals surface area (Å²) in [5, 5.41) is 0. The highest BCUT2D eigenvalue weighted by atomic mass is 31.2. The molecular weight excluding hydrogens is 1050 g/mol. The molecule has 6 rings (SSSR count). The number of hydrogen-bond acceptors (Lipinski definition) is 20. The molecule has 3 aromatic carbocycles. The average Bonchev–Trinajstić information content (AvgIpc) is 3.85. The lowest BCUT2D eigenvalue weighted by Gasteiger charge is -2.44. The molecule has 23 nitrogen and oxygen atoms in total. The van der Waals surface area contributed by atoms with Crippen LogP contribution in [-0.2, 0) is 81.0 Å². The Hall–Kier alpha value is -6.27. The molecule has 3 heterocycles. The van der Waals surface area contributed by atoms with Crippen LogP contribution in [0.25, 0.3) is 0 Å². The molecule has 0 saturated carbocycles. The number of aromatic nitrogens is 2. The molecule has 1 aromatic heterocycles. The maximum atomic E-state index is 15.6. The second-order valence-corrected chi connectivity index (χ2v) is 21.1. The van der Waals surface area contributed by atoms with Gasteiger partial charge in [0.15, 0.2) is 24.6 Å². The van der Waals surface area contributed by atoms with Gasteiger partial charge in [0.25, 0.3) is 5.56 Å². The second kappa shape index (κ2) is 28.2. The van der Waals surface area contributed by atoms with Crippen molar-refractivity contribution in [3.8, 4) is 11.5 Å². The van der Waals surface area contributed by atoms with E-state index in [4.69, 9.17) is 61.2 Å². The first kappa shape index (κ1) is 61.9. The number of carbonyl (C=O) groups is 4. The predicted octanol–water partition coefficient (Wildman–Crippen LogP) is 5.90. The van der Waals surface area contributed by atoms with Gasteiger partial charge < -0.3 is 52.1 Å². The first-order valence-electron chi connectivity index (χ1n) is 25.8. The largest absolute Gasteiger partial charge is 0.497 e. The number of ether oxygens (including phenoxy) is 11. The van der Waals surface area contributed by atoms with Gasteiger partial charge in [0.2, 0.25) is 0 Å². The maximum absolute atomic E-state index is 15.6. The minimum Gasteiger partial charge on any atom is -0.497 e. The van der Waals surface area contributed by atoms with E-state index in [1.165, 1.54) is 10.8 Å². The molecule has 4 aromatic rings. The number of hydrogen-bond donors (Lipinski definition) is 1. The van der Waals surface area contributed by atoms with Crippen molar-refractivity contribution in [3.05, 3.63) is 128 Å². The molecule has 2 saturated heterocycles. The number of aromatic amines is 1. The molecular formula is C55H72N3O20P. The van der Waals surface area contributed by atoms with Gasteiger partial charge in [-0.2, -0.15) is 0 Å². The molecule has 0 spiro atoms. The Balaban J connectivity index is 1.26. The number of nitrogens with zero attached hydrogens (tertiary/aromatic N) is 2. The molecule has 2 fully saturated rings. The molecule has 79 heavy (non-hydrogen) atoms. The van der Waals surface area contributed by atoms with Gasteiger partial charge in [-0.05, 0) is 75.6 Å². The van der Waals surface area contributed by atoms with Crippen LogP contribution in [0.5, 0.6) is 11.5 Å². The van der Waals surface area contributed by atoms with Crippen LogP contribution < -0.4 is 20.7 Å². The standard InChI is InChI=1S/C55H72N3O20P/c1-33(2)58(34(3)4)79(65,72-28-26-68-25-27-69-53-51(75-39(9)62)50(74-38(8)61)49(73-37(7)60)47(77-53)31-70-36(6)59)78-45-29-48(57-30-35(5)52(63)56-54(57)64)76-46(45)32-71-55(40-15-13-12-14-16-40,41-17-21-43(66-10)22-18-41)42-19-23-44(67-11)24-20-42/h12-24,30,33-34,45-51,53H,25-29,31-32H2,1-11H3,(H,56,63,64)/t45-,46+,47+,48+,49-,50-,51+,53+,79?/m0/s1. The Labute approximate surface area is 458 Å². The van der Waals surface area contributed by atoms with E-state index in [1.807, 2.05) is 107 Å². The van der Waals surface area contributed by atoms with Crippen molar-refractivity contribution in [1.29, 1.82) is 0 Å². The van der Waals surface area contributed by atoms with Crippen molar-refractivity contribution >= 4 is 31.6 Å². The minimum absolute atomic E-state index is 0.0344. The van der Waals surface area contributed by atoms with E-state index in [0.717, 1.165) is 44.4 Å². The molecule has 2 aliphatic rings.